The van der Waals surface area contributed by atoms with E-state index in [-0.39, 0.29) is 12.0 Å². The zero-order chi connectivity index (χ0) is 12.3. The Morgan fingerprint density at radius 3 is 2.71 bits per heavy atom. The number of benzene rings is 1. The molecule has 3 heteroatoms. The maximum Gasteiger partial charge on any atom is 0.141 e. The number of nitrogens with one attached hydrogen (secondary N) is 1. The zero-order valence-corrected chi connectivity index (χ0v) is 10.6. The van der Waals surface area contributed by atoms with Crippen LogP contribution >= 0.6 is 0 Å². The van der Waals surface area contributed by atoms with E-state index < -0.39 is 0 Å². The number of hydrogen-bond acceptors (Lipinski definition) is 3. The summed E-state index contributed by atoms with van der Waals surface area (Å²) in [4.78, 5) is 0. The molecule has 1 aliphatic rings. The van der Waals surface area contributed by atoms with Gasteiger partial charge >= 0.3 is 0 Å². The molecule has 0 aromatic heterocycles. The first-order valence-electron chi connectivity index (χ1n) is 6.25. The largest absolute Gasteiger partial charge is 0.495 e. The Kier molecular flexibility index (Phi) is 3.57. The van der Waals surface area contributed by atoms with Gasteiger partial charge in [0.1, 0.15) is 5.75 Å². The minimum absolute atomic E-state index is 0.118. The second kappa shape index (κ2) is 4.96. The average Bonchev–Trinajstić information content (AvgIpc) is 3.16. The van der Waals surface area contributed by atoms with Crippen molar-refractivity contribution in [3.63, 3.8) is 0 Å². The molecule has 0 bridgehead atoms. The van der Waals surface area contributed by atoms with Crippen molar-refractivity contribution in [1.82, 2.24) is 0 Å². The highest BCUT2D eigenvalue weighted by Crippen LogP contribution is 2.45. The quantitative estimate of drug-likeness (QED) is 0.795. The van der Waals surface area contributed by atoms with Crippen LogP contribution in [0.5, 0.6) is 5.75 Å². The van der Waals surface area contributed by atoms with Gasteiger partial charge in [-0.15, -0.1) is 0 Å². The lowest BCUT2D eigenvalue weighted by Gasteiger charge is -2.16. The summed E-state index contributed by atoms with van der Waals surface area (Å²) in [5, 5.41) is 12.7. The number of aliphatic hydroxyl groups excluding tert-OH is 1. The first kappa shape index (κ1) is 12.2. The van der Waals surface area contributed by atoms with Crippen LogP contribution in [0.1, 0.15) is 25.3 Å². The van der Waals surface area contributed by atoms with Crippen molar-refractivity contribution in [2.75, 3.05) is 25.6 Å². The Labute approximate surface area is 103 Å². The van der Waals surface area contributed by atoms with Crippen molar-refractivity contribution in [3.05, 3.63) is 23.8 Å². The smallest absolute Gasteiger partial charge is 0.141 e. The van der Waals surface area contributed by atoms with Gasteiger partial charge in [-0.2, -0.15) is 0 Å². The molecule has 0 atom stereocenters. The molecule has 1 saturated carbocycles. The van der Waals surface area contributed by atoms with Gasteiger partial charge in [0.2, 0.25) is 0 Å². The van der Waals surface area contributed by atoms with Gasteiger partial charge < -0.3 is 15.2 Å². The van der Waals surface area contributed by atoms with Crippen LogP contribution in [0.4, 0.5) is 5.69 Å². The third kappa shape index (κ3) is 2.72. The Hall–Kier alpha value is -1.22. The van der Waals surface area contributed by atoms with Gasteiger partial charge in [-0.3, -0.25) is 0 Å². The molecule has 0 unspecified atom stereocenters. The lowest BCUT2D eigenvalue weighted by molar-refractivity contribution is 0.219. The van der Waals surface area contributed by atoms with Gasteiger partial charge in [-0.1, -0.05) is 13.0 Å². The average molecular weight is 235 g/mol. The normalized spacial score (nSPS) is 16.6. The van der Waals surface area contributed by atoms with E-state index in [9.17, 15) is 5.11 Å². The number of aliphatic hydroxyl groups is 1. The van der Waals surface area contributed by atoms with Gasteiger partial charge in [0.15, 0.2) is 0 Å². The van der Waals surface area contributed by atoms with Crippen LogP contribution < -0.4 is 10.1 Å². The van der Waals surface area contributed by atoms with E-state index in [1.54, 1.807) is 7.11 Å². The van der Waals surface area contributed by atoms with Crippen molar-refractivity contribution in [2.45, 2.75) is 26.2 Å². The molecule has 1 aromatic carbocycles. The molecule has 0 heterocycles. The molecule has 0 aliphatic heterocycles. The van der Waals surface area contributed by atoms with E-state index in [1.165, 1.54) is 5.56 Å². The number of ether oxygens (including phenoxy) is 1. The Morgan fingerprint density at radius 2 is 2.18 bits per heavy atom. The highest BCUT2D eigenvalue weighted by atomic mass is 16.5. The molecule has 2 N–H and O–H groups in total. The van der Waals surface area contributed by atoms with E-state index in [2.05, 4.69) is 24.4 Å². The summed E-state index contributed by atoms with van der Waals surface area (Å²) in [6.45, 7) is 3.24. The number of methoxy groups -OCH3 is 1. The van der Waals surface area contributed by atoms with Gasteiger partial charge in [0.05, 0.1) is 19.4 Å². The number of aryl methyl sites for hydroxylation is 1. The standard InChI is InChI=1S/C14H21NO2/c1-3-11-4-5-13(17-2)12(8-11)15-9-14(10-16)6-7-14/h4-5,8,15-16H,3,6-7,9-10H2,1-2H3. The molecule has 17 heavy (non-hydrogen) atoms. The molecule has 0 saturated heterocycles. The Balaban J connectivity index is 2.07. The van der Waals surface area contributed by atoms with E-state index in [0.717, 1.165) is 37.2 Å². The van der Waals surface area contributed by atoms with Crippen LogP contribution in [-0.4, -0.2) is 25.4 Å². The highest BCUT2D eigenvalue weighted by Gasteiger charge is 2.41. The molecule has 94 valence electrons. The second-order valence-electron chi connectivity index (χ2n) is 4.90. The SMILES string of the molecule is CCc1ccc(OC)c(NCC2(CO)CC2)c1. The Bertz CT molecular complexity index is 386. The first-order valence-corrected chi connectivity index (χ1v) is 6.25. The fourth-order valence-electron chi connectivity index (χ4n) is 1.96. The third-order valence-corrected chi connectivity index (χ3v) is 3.62. The second-order valence-corrected chi connectivity index (χ2v) is 4.90. The summed E-state index contributed by atoms with van der Waals surface area (Å²) in [6.07, 6.45) is 3.25. The van der Waals surface area contributed by atoms with Crippen LogP contribution in [-0.2, 0) is 6.42 Å². The van der Waals surface area contributed by atoms with Crippen LogP contribution in [0.15, 0.2) is 18.2 Å². The van der Waals surface area contributed by atoms with E-state index in [1.807, 2.05) is 6.07 Å². The number of hydrogen-bond donors (Lipinski definition) is 2. The van der Waals surface area contributed by atoms with Gasteiger partial charge in [-0.25, -0.2) is 0 Å². The van der Waals surface area contributed by atoms with Crippen molar-refractivity contribution in [2.24, 2.45) is 5.41 Å². The van der Waals surface area contributed by atoms with Gasteiger partial charge in [0.25, 0.3) is 0 Å². The van der Waals surface area contributed by atoms with Crippen molar-refractivity contribution >= 4 is 5.69 Å². The van der Waals surface area contributed by atoms with Crippen LogP contribution in [0.3, 0.4) is 0 Å². The zero-order valence-electron chi connectivity index (χ0n) is 10.6. The molecule has 3 nitrogen and oxygen atoms in total. The van der Waals surface area contributed by atoms with Crippen molar-refractivity contribution < 1.29 is 9.84 Å². The molecule has 0 radical (unpaired) electrons. The Morgan fingerprint density at radius 1 is 1.41 bits per heavy atom. The van der Waals surface area contributed by atoms with Crippen LogP contribution in [0.25, 0.3) is 0 Å². The molecule has 1 aliphatic carbocycles. The minimum Gasteiger partial charge on any atom is -0.495 e. The summed E-state index contributed by atoms with van der Waals surface area (Å²) in [6, 6.07) is 6.22. The predicted octanol–water partition coefficient (Wildman–Crippen LogP) is 2.44. The monoisotopic (exact) mass is 235 g/mol. The molecule has 0 amide bonds. The molecular weight excluding hydrogens is 214 g/mol. The summed E-state index contributed by atoms with van der Waals surface area (Å²) >= 11 is 0. The predicted molar refractivity (Wildman–Crippen MR) is 69.6 cm³/mol. The fourth-order valence-corrected chi connectivity index (χ4v) is 1.96. The summed E-state index contributed by atoms with van der Waals surface area (Å²) in [5.41, 5.74) is 2.45. The summed E-state index contributed by atoms with van der Waals surface area (Å²) in [7, 11) is 1.69. The summed E-state index contributed by atoms with van der Waals surface area (Å²) < 4.78 is 5.34. The number of rotatable bonds is 6. The molecule has 1 fully saturated rings. The highest BCUT2D eigenvalue weighted by molar-refractivity contribution is 5.58. The third-order valence-electron chi connectivity index (χ3n) is 3.62. The van der Waals surface area contributed by atoms with Gasteiger partial charge in [0, 0.05) is 12.0 Å². The first-order chi connectivity index (χ1) is 8.23. The maximum atomic E-state index is 9.29. The van der Waals surface area contributed by atoms with Gasteiger partial charge in [-0.05, 0) is 37.0 Å². The van der Waals surface area contributed by atoms with E-state index in [0.29, 0.717) is 0 Å². The van der Waals surface area contributed by atoms with Crippen molar-refractivity contribution in [1.29, 1.82) is 0 Å². The molecule has 0 spiro atoms. The van der Waals surface area contributed by atoms with E-state index >= 15 is 0 Å². The molecule has 2 rings (SSSR count). The van der Waals surface area contributed by atoms with E-state index in [4.69, 9.17) is 4.74 Å². The van der Waals surface area contributed by atoms with Crippen LogP contribution in [0, 0.1) is 5.41 Å². The molecular formula is C14H21NO2. The lowest BCUT2D eigenvalue weighted by atomic mass is 10.1. The van der Waals surface area contributed by atoms with Crippen molar-refractivity contribution in [3.8, 4) is 5.75 Å². The minimum atomic E-state index is 0.118. The fraction of sp³-hybridized carbons (Fsp3) is 0.571. The molecule has 1 aromatic rings. The summed E-state index contributed by atoms with van der Waals surface area (Å²) in [5.74, 6) is 0.871. The maximum absolute atomic E-state index is 9.29. The van der Waals surface area contributed by atoms with Crippen LogP contribution in [0.2, 0.25) is 0 Å². The lowest BCUT2D eigenvalue weighted by Crippen LogP contribution is -2.19. The topological polar surface area (TPSA) is 41.5 Å². The number of anilines is 1.